The predicted molar refractivity (Wildman–Crippen MR) is 157 cm³/mol. The minimum absolute atomic E-state index is 0.0136. The zero-order valence-corrected chi connectivity index (χ0v) is 21.9. The summed E-state index contributed by atoms with van der Waals surface area (Å²) >= 11 is 0. The topological polar surface area (TPSA) is 48.6 Å². The number of hydrogen-bond acceptors (Lipinski definition) is 1. The van der Waals surface area contributed by atoms with E-state index in [1.165, 1.54) is 33.0 Å². The van der Waals surface area contributed by atoms with Crippen LogP contribution in [-0.2, 0) is 4.79 Å². The number of rotatable bonds is 8. The Kier molecular flexibility index (Phi) is 6.43. The van der Waals surface area contributed by atoms with Crippen molar-refractivity contribution in [3.05, 3.63) is 143 Å². The second-order valence-corrected chi connectivity index (χ2v) is 10.3. The smallest absolute Gasteiger partial charge is 0.134 e. The monoisotopic (exact) mass is 496 g/mol. The average Bonchev–Trinajstić information content (AvgIpc) is 3.46. The van der Waals surface area contributed by atoms with E-state index in [2.05, 4.69) is 121 Å². The third-order valence-corrected chi connectivity index (χ3v) is 7.85. The molecule has 2 heterocycles. The Morgan fingerprint density at radius 2 is 0.921 bits per heavy atom. The molecule has 0 aliphatic carbocycles. The third kappa shape index (κ3) is 4.45. The van der Waals surface area contributed by atoms with Crippen LogP contribution in [0.5, 0.6) is 0 Å². The zero-order valence-electron chi connectivity index (χ0n) is 21.9. The van der Waals surface area contributed by atoms with Gasteiger partial charge in [0, 0.05) is 57.9 Å². The van der Waals surface area contributed by atoms with Crippen molar-refractivity contribution < 1.29 is 4.79 Å². The van der Waals surface area contributed by atoms with Crippen molar-refractivity contribution in [2.24, 2.45) is 0 Å². The first-order valence-corrected chi connectivity index (χ1v) is 13.4. The highest BCUT2D eigenvalue weighted by Gasteiger charge is 2.28. The van der Waals surface area contributed by atoms with Crippen LogP contribution in [0.4, 0.5) is 0 Å². The number of para-hydroxylation sites is 2. The SMILES string of the molecule is Cc1[nH]c2ccccc2c1C(CC(=O)CC(c1ccccc1)c1c(C)[nH]c2ccccc12)c1ccccc1. The van der Waals surface area contributed by atoms with Crippen molar-refractivity contribution >= 4 is 27.6 Å². The summed E-state index contributed by atoms with van der Waals surface area (Å²) in [5.41, 5.74) is 9.27. The molecule has 0 aliphatic heterocycles. The Hall–Kier alpha value is -4.37. The molecule has 0 saturated heterocycles. The third-order valence-electron chi connectivity index (χ3n) is 7.85. The van der Waals surface area contributed by atoms with Crippen LogP contribution < -0.4 is 0 Å². The molecule has 4 aromatic carbocycles. The Morgan fingerprint density at radius 1 is 0.553 bits per heavy atom. The summed E-state index contributed by atoms with van der Waals surface area (Å²) in [5.74, 6) is 0.239. The highest BCUT2D eigenvalue weighted by Crippen LogP contribution is 2.40. The molecule has 2 unspecified atom stereocenters. The summed E-state index contributed by atoms with van der Waals surface area (Å²) in [6.45, 7) is 4.25. The van der Waals surface area contributed by atoms with Gasteiger partial charge < -0.3 is 9.97 Å². The molecule has 6 aromatic rings. The van der Waals surface area contributed by atoms with E-state index in [-0.39, 0.29) is 17.6 Å². The number of ketones is 1. The lowest BCUT2D eigenvalue weighted by Gasteiger charge is -2.22. The molecule has 2 aromatic heterocycles. The lowest BCUT2D eigenvalue weighted by Crippen LogP contribution is -2.14. The summed E-state index contributed by atoms with van der Waals surface area (Å²) in [4.78, 5) is 21.2. The molecular weight excluding hydrogens is 464 g/mol. The number of aryl methyl sites for hydroxylation is 2. The van der Waals surface area contributed by atoms with Gasteiger partial charge in [-0.05, 0) is 48.2 Å². The van der Waals surface area contributed by atoms with Gasteiger partial charge in [0.2, 0.25) is 0 Å². The molecule has 2 atom stereocenters. The Balaban J connectivity index is 1.40. The number of fused-ring (bicyclic) bond motifs is 2. The standard InChI is InChI=1S/C35H32N2O/c1-23-34(28-17-9-11-19-32(28)36-23)30(25-13-5-3-6-14-25)21-27(38)22-31(26-15-7-4-8-16-26)35-24(2)37-33-20-12-10-18-29(33)35/h3-20,30-31,36-37H,21-22H2,1-2H3. The summed E-state index contributed by atoms with van der Waals surface area (Å²) in [7, 11) is 0. The molecule has 0 spiro atoms. The van der Waals surface area contributed by atoms with E-state index in [9.17, 15) is 4.79 Å². The number of hydrogen-bond donors (Lipinski definition) is 2. The molecule has 0 fully saturated rings. The fourth-order valence-corrected chi connectivity index (χ4v) is 6.18. The lowest BCUT2D eigenvalue weighted by molar-refractivity contribution is -0.119. The molecule has 0 radical (unpaired) electrons. The Morgan fingerprint density at radius 3 is 1.34 bits per heavy atom. The van der Waals surface area contributed by atoms with Gasteiger partial charge in [-0.25, -0.2) is 0 Å². The molecule has 3 nitrogen and oxygen atoms in total. The second-order valence-electron chi connectivity index (χ2n) is 10.3. The number of nitrogens with one attached hydrogen (secondary N) is 2. The van der Waals surface area contributed by atoms with Crippen molar-refractivity contribution in [1.82, 2.24) is 9.97 Å². The lowest BCUT2D eigenvalue weighted by atomic mass is 9.81. The first-order valence-electron chi connectivity index (χ1n) is 13.4. The number of carbonyl (C=O) groups is 1. The van der Waals surface area contributed by atoms with Crippen LogP contribution in [0.3, 0.4) is 0 Å². The molecule has 0 saturated carbocycles. The maximum Gasteiger partial charge on any atom is 0.134 e. The molecular formula is C35H32N2O. The van der Waals surface area contributed by atoms with Gasteiger partial charge >= 0.3 is 0 Å². The first-order chi connectivity index (χ1) is 18.6. The summed E-state index contributed by atoms with van der Waals surface area (Å²) in [5, 5.41) is 2.39. The van der Waals surface area contributed by atoms with Crippen LogP contribution in [0, 0.1) is 13.8 Å². The molecule has 2 N–H and O–H groups in total. The molecule has 3 heteroatoms. The summed E-state index contributed by atoms with van der Waals surface area (Å²) in [6, 6.07) is 37.8. The maximum absolute atomic E-state index is 14.1. The van der Waals surface area contributed by atoms with Gasteiger partial charge in [0.05, 0.1) is 0 Å². The van der Waals surface area contributed by atoms with Gasteiger partial charge in [-0.2, -0.15) is 0 Å². The molecule has 0 bridgehead atoms. The van der Waals surface area contributed by atoms with Gasteiger partial charge in [-0.3, -0.25) is 4.79 Å². The van der Waals surface area contributed by atoms with Crippen molar-refractivity contribution in [2.75, 3.05) is 0 Å². The normalized spacial score (nSPS) is 13.1. The van der Waals surface area contributed by atoms with Crippen LogP contribution in [0.2, 0.25) is 0 Å². The minimum Gasteiger partial charge on any atom is -0.358 e. The van der Waals surface area contributed by atoms with E-state index in [0.29, 0.717) is 12.8 Å². The van der Waals surface area contributed by atoms with Gasteiger partial charge in [-0.15, -0.1) is 0 Å². The van der Waals surface area contributed by atoms with Crippen LogP contribution in [0.1, 0.15) is 58.3 Å². The number of H-pyrrole nitrogens is 2. The van der Waals surface area contributed by atoms with Crippen molar-refractivity contribution in [3.63, 3.8) is 0 Å². The van der Waals surface area contributed by atoms with Gasteiger partial charge in [0.1, 0.15) is 5.78 Å². The fraction of sp³-hybridized carbons (Fsp3) is 0.171. The number of benzene rings is 4. The van der Waals surface area contributed by atoms with Gasteiger partial charge in [-0.1, -0.05) is 97.1 Å². The number of aromatic amines is 2. The minimum atomic E-state index is -0.0136. The fourth-order valence-electron chi connectivity index (χ4n) is 6.18. The summed E-state index contributed by atoms with van der Waals surface area (Å²) < 4.78 is 0. The molecule has 188 valence electrons. The highest BCUT2D eigenvalue weighted by atomic mass is 16.1. The van der Waals surface area contributed by atoms with E-state index in [1.807, 2.05) is 12.1 Å². The van der Waals surface area contributed by atoms with Crippen LogP contribution in [0.15, 0.2) is 109 Å². The predicted octanol–water partition coefficient (Wildman–Crippen LogP) is 8.58. The molecule has 0 amide bonds. The second kappa shape index (κ2) is 10.2. The van der Waals surface area contributed by atoms with E-state index in [1.54, 1.807) is 0 Å². The van der Waals surface area contributed by atoms with Crippen molar-refractivity contribution in [3.8, 4) is 0 Å². The van der Waals surface area contributed by atoms with E-state index >= 15 is 0 Å². The average molecular weight is 497 g/mol. The number of aromatic nitrogens is 2. The van der Waals surface area contributed by atoms with E-state index in [0.717, 1.165) is 22.4 Å². The Labute approximate surface area is 223 Å². The van der Waals surface area contributed by atoms with Crippen molar-refractivity contribution in [2.45, 2.75) is 38.5 Å². The van der Waals surface area contributed by atoms with Crippen LogP contribution in [-0.4, -0.2) is 15.8 Å². The zero-order chi connectivity index (χ0) is 26.1. The number of Topliss-reactive ketones (excluding diaryl/α,β-unsaturated/α-hetero) is 1. The molecule has 0 aliphatic rings. The molecule has 38 heavy (non-hydrogen) atoms. The van der Waals surface area contributed by atoms with Gasteiger partial charge in [0.15, 0.2) is 0 Å². The highest BCUT2D eigenvalue weighted by molar-refractivity contribution is 5.90. The Bertz CT molecular complexity index is 1580. The van der Waals surface area contributed by atoms with Gasteiger partial charge in [0.25, 0.3) is 0 Å². The maximum atomic E-state index is 14.1. The first kappa shape index (κ1) is 24.0. The quantitative estimate of drug-likeness (QED) is 0.218. The van der Waals surface area contributed by atoms with E-state index in [4.69, 9.17) is 0 Å². The van der Waals surface area contributed by atoms with Crippen LogP contribution >= 0.6 is 0 Å². The summed E-state index contributed by atoms with van der Waals surface area (Å²) in [6.07, 6.45) is 0.912. The number of carbonyl (C=O) groups excluding carboxylic acids is 1. The largest absolute Gasteiger partial charge is 0.358 e. The molecule has 6 rings (SSSR count). The van der Waals surface area contributed by atoms with Crippen LogP contribution in [0.25, 0.3) is 21.8 Å². The van der Waals surface area contributed by atoms with E-state index < -0.39 is 0 Å². The van der Waals surface area contributed by atoms with Crippen molar-refractivity contribution in [1.29, 1.82) is 0 Å².